The standard InChI is InChI=1S/C10H12N4O4S/c11-9-12-7-6(8(16)13-9)19-10(17)14(7)5-2-1-4(3-15)18-5/h4-5,15H,1-3H2,(H3,11,12,13,16)/t4-,5+/m0/s1. The Balaban J connectivity index is 2.13. The topological polar surface area (TPSA) is 123 Å². The molecule has 9 heteroatoms. The van der Waals surface area contributed by atoms with E-state index in [-0.39, 0.29) is 39.8 Å². The van der Waals surface area contributed by atoms with E-state index in [1.165, 1.54) is 4.57 Å². The van der Waals surface area contributed by atoms with Crippen LogP contribution in [0.15, 0.2) is 4.79 Å². The summed E-state index contributed by atoms with van der Waals surface area (Å²) in [6.45, 7) is -0.0876. The molecule has 8 nitrogen and oxygen atoms in total. The molecular formula is C10H12N4O4S. The summed E-state index contributed by atoms with van der Waals surface area (Å²) in [5.41, 5.74) is 5.75. The maximum atomic E-state index is 12.0. The third-order valence-electron chi connectivity index (χ3n) is 3.04. The van der Waals surface area contributed by atoms with Crippen molar-refractivity contribution < 1.29 is 14.9 Å². The van der Waals surface area contributed by atoms with Crippen LogP contribution in [0, 0.1) is 0 Å². The van der Waals surface area contributed by atoms with Crippen molar-refractivity contribution in [3.63, 3.8) is 0 Å². The molecule has 1 saturated heterocycles. The van der Waals surface area contributed by atoms with Crippen molar-refractivity contribution in [2.75, 3.05) is 12.3 Å². The van der Waals surface area contributed by atoms with Gasteiger partial charge in [-0.25, -0.2) is 0 Å². The first-order chi connectivity index (χ1) is 9.10. The van der Waals surface area contributed by atoms with Crippen molar-refractivity contribution in [1.82, 2.24) is 14.5 Å². The number of ether oxygens (including phenoxy) is 1. The third-order valence-corrected chi connectivity index (χ3v) is 3.98. The van der Waals surface area contributed by atoms with Gasteiger partial charge in [0.05, 0.1) is 12.7 Å². The number of rotatable bonds is 2. The van der Waals surface area contributed by atoms with Crippen LogP contribution in [0.2, 0.25) is 0 Å². The predicted molar refractivity (Wildman–Crippen MR) is 68.0 cm³/mol. The molecule has 2 aromatic rings. The highest BCUT2D eigenvalue weighted by Crippen LogP contribution is 2.32. The minimum absolute atomic E-state index is 0.0876. The SMILES string of the molecule is Nc1nc(O)c2sc(=O)n([C@H]3CC[C@@H](CO)O3)c2n1. The number of hydrogen-bond acceptors (Lipinski definition) is 8. The van der Waals surface area contributed by atoms with Crippen molar-refractivity contribution in [2.45, 2.75) is 25.2 Å². The minimum Gasteiger partial charge on any atom is -0.492 e. The van der Waals surface area contributed by atoms with Gasteiger partial charge in [0.1, 0.15) is 10.9 Å². The average Bonchev–Trinajstić information content (AvgIpc) is 2.93. The summed E-state index contributed by atoms with van der Waals surface area (Å²) < 4.78 is 7.20. The molecule has 3 heterocycles. The van der Waals surface area contributed by atoms with Crippen molar-refractivity contribution >= 4 is 27.6 Å². The first-order valence-corrected chi connectivity index (χ1v) is 6.55. The molecule has 0 bridgehead atoms. The quantitative estimate of drug-likeness (QED) is 0.698. The largest absolute Gasteiger partial charge is 0.492 e. The Hall–Kier alpha value is -1.71. The van der Waals surface area contributed by atoms with E-state index in [1.54, 1.807) is 0 Å². The molecule has 19 heavy (non-hydrogen) atoms. The lowest BCUT2D eigenvalue weighted by Crippen LogP contribution is -2.21. The maximum Gasteiger partial charge on any atom is 0.311 e. The lowest BCUT2D eigenvalue weighted by molar-refractivity contribution is -0.0214. The molecule has 1 aliphatic heterocycles. The molecule has 2 aromatic heterocycles. The number of thiazole rings is 1. The number of fused-ring (bicyclic) bond motifs is 1. The van der Waals surface area contributed by atoms with Gasteiger partial charge in [-0.3, -0.25) is 9.36 Å². The van der Waals surface area contributed by atoms with Crippen LogP contribution in [0.4, 0.5) is 5.95 Å². The molecule has 102 valence electrons. The number of nitrogens with zero attached hydrogens (tertiary/aromatic N) is 3. The summed E-state index contributed by atoms with van der Waals surface area (Å²) >= 11 is 0.844. The molecule has 0 amide bonds. The second-order valence-corrected chi connectivity index (χ2v) is 5.23. The van der Waals surface area contributed by atoms with Gasteiger partial charge in [-0.1, -0.05) is 11.3 Å². The maximum absolute atomic E-state index is 12.0. The van der Waals surface area contributed by atoms with E-state index < -0.39 is 6.23 Å². The molecular weight excluding hydrogens is 272 g/mol. The van der Waals surface area contributed by atoms with E-state index in [0.29, 0.717) is 12.8 Å². The number of nitrogen functional groups attached to an aromatic ring is 1. The number of anilines is 1. The highest BCUT2D eigenvalue weighted by Gasteiger charge is 2.29. The zero-order chi connectivity index (χ0) is 13.6. The fraction of sp³-hybridized carbons (Fsp3) is 0.500. The predicted octanol–water partition coefficient (Wildman–Crippen LogP) is -0.189. The summed E-state index contributed by atoms with van der Waals surface area (Å²) in [5.74, 6) is -0.409. The Morgan fingerprint density at radius 1 is 1.47 bits per heavy atom. The Labute approximate surface area is 111 Å². The van der Waals surface area contributed by atoms with E-state index >= 15 is 0 Å². The number of aromatic nitrogens is 3. The summed E-state index contributed by atoms with van der Waals surface area (Å²) in [6.07, 6.45) is 0.491. The van der Waals surface area contributed by atoms with Gasteiger partial charge in [0.15, 0.2) is 5.65 Å². The minimum atomic E-state index is -0.493. The van der Waals surface area contributed by atoms with E-state index in [0.717, 1.165) is 11.3 Å². The molecule has 0 spiro atoms. The molecule has 0 saturated carbocycles. The third kappa shape index (κ3) is 1.95. The van der Waals surface area contributed by atoms with E-state index in [1.807, 2.05) is 0 Å². The molecule has 0 unspecified atom stereocenters. The van der Waals surface area contributed by atoms with Crippen LogP contribution in [-0.4, -0.2) is 37.5 Å². The summed E-state index contributed by atoms with van der Waals surface area (Å²) in [5, 5.41) is 18.7. The molecule has 4 N–H and O–H groups in total. The summed E-state index contributed by atoms with van der Waals surface area (Å²) in [4.78, 5) is 19.3. The van der Waals surface area contributed by atoms with E-state index in [2.05, 4.69) is 9.97 Å². The van der Waals surface area contributed by atoms with Gasteiger partial charge < -0.3 is 20.7 Å². The lowest BCUT2D eigenvalue weighted by atomic mass is 10.2. The molecule has 0 aromatic carbocycles. The van der Waals surface area contributed by atoms with Crippen LogP contribution >= 0.6 is 11.3 Å². The van der Waals surface area contributed by atoms with E-state index in [4.69, 9.17) is 15.6 Å². The molecule has 1 fully saturated rings. The van der Waals surface area contributed by atoms with E-state index in [9.17, 15) is 9.90 Å². The lowest BCUT2D eigenvalue weighted by Gasteiger charge is -2.13. The van der Waals surface area contributed by atoms with Gasteiger partial charge in [-0.2, -0.15) is 9.97 Å². The van der Waals surface area contributed by atoms with Gasteiger partial charge in [-0.15, -0.1) is 0 Å². The Morgan fingerprint density at radius 2 is 2.26 bits per heavy atom. The van der Waals surface area contributed by atoms with Crippen molar-refractivity contribution in [3.05, 3.63) is 9.67 Å². The van der Waals surface area contributed by atoms with Crippen LogP contribution in [0.25, 0.3) is 10.3 Å². The zero-order valence-electron chi connectivity index (χ0n) is 9.81. The van der Waals surface area contributed by atoms with Gasteiger partial charge in [0, 0.05) is 0 Å². The number of aliphatic hydroxyl groups excluding tert-OH is 1. The number of nitrogens with two attached hydrogens (primary N) is 1. The van der Waals surface area contributed by atoms with Crippen LogP contribution in [0.1, 0.15) is 19.1 Å². The molecule has 1 aliphatic rings. The van der Waals surface area contributed by atoms with Crippen LogP contribution in [0.5, 0.6) is 5.88 Å². The summed E-state index contributed by atoms with van der Waals surface area (Å²) in [7, 11) is 0. The first-order valence-electron chi connectivity index (χ1n) is 5.74. The molecule has 3 rings (SSSR count). The summed E-state index contributed by atoms with van der Waals surface area (Å²) in [6, 6.07) is 0. The van der Waals surface area contributed by atoms with Crippen LogP contribution in [-0.2, 0) is 4.74 Å². The fourth-order valence-electron chi connectivity index (χ4n) is 2.19. The van der Waals surface area contributed by atoms with Gasteiger partial charge >= 0.3 is 4.87 Å². The highest BCUT2D eigenvalue weighted by atomic mass is 32.1. The second kappa shape index (κ2) is 4.44. The van der Waals surface area contributed by atoms with Crippen molar-refractivity contribution in [2.24, 2.45) is 0 Å². The first kappa shape index (κ1) is 12.3. The molecule has 2 atom stereocenters. The zero-order valence-corrected chi connectivity index (χ0v) is 10.6. The molecule has 0 aliphatic carbocycles. The average molecular weight is 284 g/mol. The van der Waals surface area contributed by atoms with Gasteiger partial charge in [-0.05, 0) is 12.8 Å². The fourth-order valence-corrected chi connectivity index (χ4v) is 3.04. The Bertz CT molecular complexity index is 682. The number of hydrogen-bond donors (Lipinski definition) is 3. The molecule has 0 radical (unpaired) electrons. The monoisotopic (exact) mass is 284 g/mol. The Kier molecular flexibility index (Phi) is 2.88. The number of aromatic hydroxyl groups is 1. The highest BCUT2D eigenvalue weighted by molar-refractivity contribution is 7.16. The number of aliphatic hydroxyl groups is 1. The van der Waals surface area contributed by atoms with Crippen molar-refractivity contribution in [3.8, 4) is 5.88 Å². The smallest absolute Gasteiger partial charge is 0.311 e. The van der Waals surface area contributed by atoms with Gasteiger partial charge in [0.2, 0.25) is 11.8 Å². The van der Waals surface area contributed by atoms with Gasteiger partial charge in [0.25, 0.3) is 0 Å². The van der Waals surface area contributed by atoms with Crippen LogP contribution in [0.3, 0.4) is 0 Å². The normalized spacial score (nSPS) is 23.2. The van der Waals surface area contributed by atoms with Crippen molar-refractivity contribution in [1.29, 1.82) is 0 Å². The Morgan fingerprint density at radius 3 is 2.95 bits per heavy atom. The second-order valence-electron chi connectivity index (χ2n) is 4.27. The van der Waals surface area contributed by atoms with Crippen LogP contribution < -0.4 is 10.6 Å².